The van der Waals surface area contributed by atoms with E-state index in [4.69, 9.17) is 9.20 Å². The standard InChI is InChI=1S/C11H28O4P2.Na/c1-5-6-7-8-9-10-11-17(2,3,4)15-16(12,13)14;/h5-11H2,1-4H3,(H2,12,13,14);/q;+1/p-1. The van der Waals surface area contributed by atoms with Crippen molar-refractivity contribution >= 4 is 14.7 Å². The largest absolute Gasteiger partial charge is 1.00 e. The predicted molar refractivity (Wildman–Crippen MR) is 73.8 cm³/mol. The molecule has 106 valence electrons. The number of hydrogen-bond acceptors (Lipinski definition) is 3. The Morgan fingerprint density at radius 2 is 1.56 bits per heavy atom. The van der Waals surface area contributed by atoms with Crippen molar-refractivity contribution in [1.82, 2.24) is 0 Å². The van der Waals surface area contributed by atoms with E-state index in [1.54, 1.807) is 0 Å². The number of phosphoric acid groups is 1. The maximum Gasteiger partial charge on any atom is 1.00 e. The summed E-state index contributed by atoms with van der Waals surface area (Å²) in [7, 11) is -4.61. The van der Waals surface area contributed by atoms with Gasteiger partial charge in [-0.25, -0.2) is 0 Å². The van der Waals surface area contributed by atoms with Crippen LogP contribution in [0.4, 0.5) is 0 Å². The molecule has 0 bridgehead atoms. The number of unbranched alkanes of at least 4 members (excludes halogenated alkanes) is 5. The van der Waals surface area contributed by atoms with E-state index in [-0.39, 0.29) is 29.6 Å². The van der Waals surface area contributed by atoms with Crippen molar-refractivity contribution in [3.63, 3.8) is 0 Å². The third kappa shape index (κ3) is 14.0. The van der Waals surface area contributed by atoms with Crippen molar-refractivity contribution in [1.29, 1.82) is 0 Å². The average Bonchev–Trinajstić information content (AvgIpc) is 2.05. The molecule has 18 heavy (non-hydrogen) atoms. The van der Waals surface area contributed by atoms with E-state index in [2.05, 4.69) is 6.92 Å². The molecule has 0 spiro atoms. The third-order valence-corrected chi connectivity index (χ3v) is 7.77. The van der Waals surface area contributed by atoms with Crippen LogP contribution < -0.4 is 34.5 Å². The van der Waals surface area contributed by atoms with Crippen molar-refractivity contribution in [2.75, 3.05) is 26.2 Å². The maximum atomic E-state index is 10.8. The fourth-order valence-electron chi connectivity index (χ4n) is 1.85. The summed E-state index contributed by atoms with van der Waals surface area (Å²) in [6.45, 7) is 4.97. The molecule has 0 aliphatic rings. The van der Waals surface area contributed by atoms with Gasteiger partial charge in [0, 0.05) is 0 Å². The van der Waals surface area contributed by atoms with E-state index in [9.17, 15) is 9.46 Å². The molecule has 0 saturated heterocycles. The first-order valence-corrected chi connectivity index (χ1v) is 11.5. The molecule has 4 nitrogen and oxygen atoms in total. The Morgan fingerprint density at radius 1 is 1.11 bits per heavy atom. The molecule has 1 atom stereocenters. The molecule has 0 heterocycles. The molecule has 0 aliphatic carbocycles. The van der Waals surface area contributed by atoms with Gasteiger partial charge >= 0.3 is 134 Å². The summed E-state index contributed by atoms with van der Waals surface area (Å²) >= 11 is 0. The van der Waals surface area contributed by atoms with E-state index in [0.717, 1.165) is 19.0 Å². The number of rotatable bonds is 9. The third-order valence-electron chi connectivity index (χ3n) is 2.68. The second-order valence-electron chi connectivity index (χ2n) is 6.01. The Bertz CT molecular complexity index is 270. The Morgan fingerprint density at radius 3 is 2.00 bits per heavy atom. The molecule has 0 aliphatic heterocycles. The van der Waals surface area contributed by atoms with Gasteiger partial charge in [0.2, 0.25) is 0 Å². The quantitative estimate of drug-likeness (QED) is 0.375. The van der Waals surface area contributed by atoms with Gasteiger partial charge in [-0.15, -0.1) is 0 Å². The van der Waals surface area contributed by atoms with Crippen molar-refractivity contribution in [2.45, 2.75) is 45.4 Å². The van der Waals surface area contributed by atoms with Crippen LogP contribution >= 0.6 is 14.7 Å². The fraction of sp³-hybridized carbons (Fsp3) is 1.00. The zero-order chi connectivity index (χ0) is 13.6. The second kappa shape index (κ2) is 8.74. The topological polar surface area (TPSA) is 69.6 Å². The minimum atomic E-state index is -4.61. The van der Waals surface area contributed by atoms with Crippen LogP contribution in [0, 0.1) is 0 Å². The Hall–Kier alpha value is 1.54. The van der Waals surface area contributed by atoms with E-state index < -0.39 is 14.7 Å². The molecule has 0 amide bonds. The molecule has 0 radical (unpaired) electrons. The first-order valence-electron chi connectivity index (χ1n) is 6.30. The van der Waals surface area contributed by atoms with Gasteiger partial charge in [0.05, 0.1) is 0 Å². The SMILES string of the molecule is CCCCCCCCP(C)(C)(C)OP(=O)([O-])O.[Na+]. The van der Waals surface area contributed by atoms with Crippen molar-refractivity contribution < 1.29 is 48.2 Å². The van der Waals surface area contributed by atoms with Crippen LogP contribution in [0.2, 0.25) is 0 Å². The van der Waals surface area contributed by atoms with Gasteiger partial charge in [0.25, 0.3) is 0 Å². The molecule has 0 saturated carbocycles. The van der Waals surface area contributed by atoms with Crippen molar-refractivity contribution in [3.05, 3.63) is 0 Å². The zero-order valence-corrected chi connectivity index (χ0v) is 16.3. The molecule has 7 heteroatoms. The molecule has 1 N–H and O–H groups in total. The molecule has 0 aromatic rings. The summed E-state index contributed by atoms with van der Waals surface area (Å²) in [4.78, 5) is 19.6. The van der Waals surface area contributed by atoms with Crippen LogP contribution in [-0.2, 0) is 8.88 Å². The summed E-state index contributed by atoms with van der Waals surface area (Å²) in [6.07, 6.45) is 7.72. The van der Waals surface area contributed by atoms with Crippen LogP contribution in [0.1, 0.15) is 45.4 Å². The van der Waals surface area contributed by atoms with Gasteiger partial charge < -0.3 is 0 Å². The van der Waals surface area contributed by atoms with E-state index in [1.807, 2.05) is 20.0 Å². The van der Waals surface area contributed by atoms with Gasteiger partial charge in [-0.2, -0.15) is 0 Å². The van der Waals surface area contributed by atoms with Crippen LogP contribution in [0.3, 0.4) is 0 Å². The molecule has 1 unspecified atom stereocenters. The second-order valence-corrected chi connectivity index (χ2v) is 14.0. The van der Waals surface area contributed by atoms with Crippen LogP contribution in [0.15, 0.2) is 0 Å². The smallest absolute Gasteiger partial charge is 1.00 e. The van der Waals surface area contributed by atoms with Gasteiger partial charge in [-0.3, -0.25) is 0 Å². The zero-order valence-electron chi connectivity index (χ0n) is 12.5. The monoisotopic (exact) mass is 308 g/mol. The molecule has 0 aromatic carbocycles. The fourth-order valence-corrected chi connectivity index (χ4v) is 6.54. The predicted octanol–water partition coefficient (Wildman–Crippen LogP) is 0.186. The van der Waals surface area contributed by atoms with E-state index in [0.29, 0.717) is 0 Å². The summed E-state index contributed by atoms with van der Waals surface area (Å²) in [5.41, 5.74) is 0. The Balaban J connectivity index is 0. The molecule has 0 rings (SSSR count). The maximum absolute atomic E-state index is 10.8. The van der Waals surface area contributed by atoms with Crippen molar-refractivity contribution in [3.8, 4) is 0 Å². The minimum absolute atomic E-state index is 0. The Labute approximate surface area is 134 Å². The summed E-state index contributed by atoms with van der Waals surface area (Å²) in [5.74, 6) is 0. The molecule has 0 aromatic heterocycles. The van der Waals surface area contributed by atoms with Gasteiger partial charge in [0.15, 0.2) is 0 Å². The molecular formula is C11H27NaO4P2. The first kappa shape index (κ1) is 21.8. The van der Waals surface area contributed by atoms with Gasteiger partial charge in [0.1, 0.15) is 0 Å². The number of hydrogen-bond donors (Lipinski definition) is 1. The van der Waals surface area contributed by atoms with Crippen LogP contribution in [-0.4, -0.2) is 31.0 Å². The van der Waals surface area contributed by atoms with E-state index >= 15 is 0 Å². The molecular weight excluding hydrogens is 281 g/mol. The van der Waals surface area contributed by atoms with Crippen molar-refractivity contribution in [2.24, 2.45) is 0 Å². The van der Waals surface area contributed by atoms with Gasteiger partial charge in [-0.05, 0) is 0 Å². The van der Waals surface area contributed by atoms with E-state index in [1.165, 1.54) is 25.7 Å². The summed E-state index contributed by atoms with van der Waals surface area (Å²) in [5, 5.41) is 0. The first-order chi connectivity index (χ1) is 7.53. The minimum Gasteiger partial charge on any atom is 1.00 e. The van der Waals surface area contributed by atoms with Gasteiger partial charge in [-0.1, -0.05) is 0 Å². The Kier molecular flexibility index (Phi) is 10.6. The van der Waals surface area contributed by atoms with Crippen LogP contribution in [0.25, 0.3) is 0 Å². The summed E-state index contributed by atoms with van der Waals surface area (Å²) < 4.78 is 15.7. The normalized spacial score (nSPS) is 17.3. The molecule has 0 fully saturated rings. The van der Waals surface area contributed by atoms with Crippen LogP contribution in [0.5, 0.6) is 0 Å². The average molecular weight is 308 g/mol. The summed E-state index contributed by atoms with van der Waals surface area (Å²) in [6, 6.07) is 0.